The van der Waals surface area contributed by atoms with E-state index in [0.717, 1.165) is 6.07 Å². The highest BCUT2D eigenvalue weighted by atomic mass is 19.1. The van der Waals surface area contributed by atoms with Gasteiger partial charge in [-0.15, -0.1) is 0 Å². The van der Waals surface area contributed by atoms with Gasteiger partial charge in [0.15, 0.2) is 5.69 Å². The standard InChI is InChI=1S/C12H9FN2O4/c1-6-2-3-8(7(13)4-6)14-11(16)9-5-10(12(17)18)19-15-9/h2-5H,1H3,(H,14,16)(H,17,18). The SMILES string of the molecule is Cc1ccc(NC(=O)c2cc(C(=O)O)on2)c(F)c1. The Morgan fingerprint density at radius 3 is 2.68 bits per heavy atom. The molecule has 0 fully saturated rings. The van der Waals surface area contributed by atoms with E-state index in [2.05, 4.69) is 15.0 Å². The number of rotatable bonds is 3. The third-order valence-corrected chi connectivity index (χ3v) is 2.33. The van der Waals surface area contributed by atoms with Crippen LogP contribution in [0.4, 0.5) is 10.1 Å². The third kappa shape index (κ3) is 2.76. The van der Waals surface area contributed by atoms with Crippen molar-refractivity contribution >= 4 is 17.6 Å². The highest BCUT2D eigenvalue weighted by Crippen LogP contribution is 2.16. The number of amides is 1. The van der Waals surface area contributed by atoms with Gasteiger partial charge in [0.1, 0.15) is 5.82 Å². The monoisotopic (exact) mass is 264 g/mol. The number of hydrogen-bond acceptors (Lipinski definition) is 4. The Bertz CT molecular complexity index is 651. The smallest absolute Gasteiger partial charge is 0.374 e. The zero-order valence-electron chi connectivity index (χ0n) is 9.81. The van der Waals surface area contributed by atoms with Crippen LogP contribution in [0.5, 0.6) is 0 Å². The van der Waals surface area contributed by atoms with Crippen molar-refractivity contribution < 1.29 is 23.6 Å². The van der Waals surface area contributed by atoms with Gasteiger partial charge in [-0.05, 0) is 24.6 Å². The summed E-state index contributed by atoms with van der Waals surface area (Å²) in [6.07, 6.45) is 0. The molecule has 0 atom stereocenters. The van der Waals surface area contributed by atoms with Gasteiger partial charge in [0, 0.05) is 6.07 Å². The number of aryl methyl sites for hydroxylation is 1. The molecule has 1 amide bonds. The predicted octanol–water partition coefficient (Wildman–Crippen LogP) is 2.07. The molecule has 1 aromatic carbocycles. The molecule has 0 aliphatic heterocycles. The molecule has 6 nitrogen and oxygen atoms in total. The highest BCUT2D eigenvalue weighted by molar-refractivity contribution is 6.03. The normalized spacial score (nSPS) is 10.2. The van der Waals surface area contributed by atoms with Crippen LogP contribution in [0, 0.1) is 12.7 Å². The second kappa shape index (κ2) is 4.89. The second-order valence-corrected chi connectivity index (χ2v) is 3.82. The first kappa shape index (κ1) is 12.7. The molecule has 0 unspecified atom stereocenters. The molecule has 0 aliphatic carbocycles. The summed E-state index contributed by atoms with van der Waals surface area (Å²) in [5.41, 5.74) is 0.456. The zero-order chi connectivity index (χ0) is 14.0. The average Bonchev–Trinajstić information content (AvgIpc) is 2.82. The van der Waals surface area contributed by atoms with E-state index in [-0.39, 0.29) is 11.4 Å². The fraction of sp³-hybridized carbons (Fsp3) is 0.0833. The van der Waals surface area contributed by atoms with E-state index < -0.39 is 23.5 Å². The second-order valence-electron chi connectivity index (χ2n) is 3.82. The molecule has 98 valence electrons. The van der Waals surface area contributed by atoms with Crippen molar-refractivity contribution in [1.82, 2.24) is 5.16 Å². The molecule has 2 N–H and O–H groups in total. The summed E-state index contributed by atoms with van der Waals surface area (Å²) >= 11 is 0. The summed E-state index contributed by atoms with van der Waals surface area (Å²) in [6, 6.07) is 5.26. The zero-order valence-corrected chi connectivity index (χ0v) is 9.81. The Kier molecular flexibility index (Phi) is 3.28. The number of carboxylic acids is 1. The van der Waals surface area contributed by atoms with Crippen molar-refractivity contribution in [3.8, 4) is 0 Å². The van der Waals surface area contributed by atoms with Crippen LogP contribution >= 0.6 is 0 Å². The van der Waals surface area contributed by atoms with Crippen molar-refractivity contribution in [1.29, 1.82) is 0 Å². The van der Waals surface area contributed by atoms with Gasteiger partial charge in [-0.3, -0.25) is 4.79 Å². The quantitative estimate of drug-likeness (QED) is 0.885. The third-order valence-electron chi connectivity index (χ3n) is 2.33. The summed E-state index contributed by atoms with van der Waals surface area (Å²) < 4.78 is 17.9. The van der Waals surface area contributed by atoms with Crippen LogP contribution in [-0.4, -0.2) is 22.1 Å². The minimum Gasteiger partial charge on any atom is -0.475 e. The molecule has 7 heteroatoms. The number of carbonyl (C=O) groups excluding carboxylic acids is 1. The molecule has 1 aromatic heterocycles. The number of aromatic carboxylic acids is 1. The van der Waals surface area contributed by atoms with Gasteiger partial charge in [-0.25, -0.2) is 9.18 Å². The lowest BCUT2D eigenvalue weighted by Crippen LogP contribution is -2.13. The Balaban J connectivity index is 2.18. The Labute approximate surface area is 106 Å². The van der Waals surface area contributed by atoms with E-state index in [1.165, 1.54) is 12.1 Å². The van der Waals surface area contributed by atoms with E-state index in [0.29, 0.717) is 5.56 Å². The Morgan fingerprint density at radius 2 is 2.11 bits per heavy atom. The van der Waals surface area contributed by atoms with Gasteiger partial charge in [0.25, 0.3) is 5.91 Å². The topological polar surface area (TPSA) is 92.4 Å². The number of carboxylic acid groups (broad SMARTS) is 1. The lowest BCUT2D eigenvalue weighted by atomic mass is 10.2. The molecule has 0 bridgehead atoms. The maximum absolute atomic E-state index is 13.5. The van der Waals surface area contributed by atoms with Gasteiger partial charge < -0.3 is 14.9 Å². The lowest BCUT2D eigenvalue weighted by molar-refractivity contribution is 0.0651. The van der Waals surface area contributed by atoms with Crippen molar-refractivity contribution in [2.45, 2.75) is 6.92 Å². The number of nitrogens with zero attached hydrogens (tertiary/aromatic N) is 1. The van der Waals surface area contributed by atoms with Crippen LogP contribution in [0.2, 0.25) is 0 Å². The molecular weight excluding hydrogens is 255 g/mol. The van der Waals surface area contributed by atoms with Crippen LogP contribution in [0.25, 0.3) is 0 Å². The maximum Gasteiger partial charge on any atom is 0.374 e. The molecular formula is C12H9FN2O4. The van der Waals surface area contributed by atoms with Gasteiger partial charge in [-0.2, -0.15) is 0 Å². The van der Waals surface area contributed by atoms with Crippen LogP contribution < -0.4 is 5.32 Å². The predicted molar refractivity (Wildman–Crippen MR) is 62.6 cm³/mol. The van der Waals surface area contributed by atoms with Gasteiger partial charge in [0.05, 0.1) is 5.69 Å². The van der Waals surface area contributed by atoms with Crippen molar-refractivity contribution in [3.63, 3.8) is 0 Å². The minimum atomic E-state index is -1.34. The van der Waals surface area contributed by atoms with Gasteiger partial charge in [-0.1, -0.05) is 11.2 Å². The molecule has 1 heterocycles. The van der Waals surface area contributed by atoms with E-state index in [4.69, 9.17) is 5.11 Å². The van der Waals surface area contributed by atoms with E-state index in [1.807, 2.05) is 0 Å². The number of benzene rings is 1. The average molecular weight is 264 g/mol. The van der Waals surface area contributed by atoms with E-state index in [1.54, 1.807) is 13.0 Å². The number of halogens is 1. The molecule has 0 spiro atoms. The molecule has 0 saturated heterocycles. The first-order valence-corrected chi connectivity index (χ1v) is 5.25. The van der Waals surface area contributed by atoms with E-state index in [9.17, 15) is 14.0 Å². The maximum atomic E-state index is 13.5. The van der Waals surface area contributed by atoms with Crippen molar-refractivity contribution in [3.05, 3.63) is 47.1 Å². The largest absolute Gasteiger partial charge is 0.475 e. The Hall–Kier alpha value is -2.70. The van der Waals surface area contributed by atoms with E-state index >= 15 is 0 Å². The molecule has 19 heavy (non-hydrogen) atoms. The first-order chi connectivity index (χ1) is 8.97. The number of aromatic nitrogens is 1. The first-order valence-electron chi connectivity index (χ1n) is 5.25. The fourth-order valence-corrected chi connectivity index (χ4v) is 1.39. The lowest BCUT2D eigenvalue weighted by Gasteiger charge is -2.04. The van der Waals surface area contributed by atoms with Crippen LogP contribution in [-0.2, 0) is 0 Å². The van der Waals surface area contributed by atoms with Crippen LogP contribution in [0.15, 0.2) is 28.8 Å². The van der Waals surface area contributed by atoms with Crippen molar-refractivity contribution in [2.24, 2.45) is 0 Å². The van der Waals surface area contributed by atoms with Gasteiger partial charge in [0.2, 0.25) is 5.76 Å². The van der Waals surface area contributed by atoms with Crippen molar-refractivity contribution in [2.75, 3.05) is 5.32 Å². The highest BCUT2D eigenvalue weighted by Gasteiger charge is 2.17. The number of hydrogen-bond donors (Lipinski definition) is 2. The minimum absolute atomic E-state index is 0.0181. The summed E-state index contributed by atoms with van der Waals surface area (Å²) in [5.74, 6) is -3.14. The number of anilines is 1. The molecule has 2 rings (SSSR count). The summed E-state index contributed by atoms with van der Waals surface area (Å²) in [4.78, 5) is 22.3. The molecule has 2 aromatic rings. The summed E-state index contributed by atoms with van der Waals surface area (Å²) in [6.45, 7) is 1.71. The summed E-state index contributed by atoms with van der Waals surface area (Å²) in [5, 5.41) is 14.2. The summed E-state index contributed by atoms with van der Waals surface area (Å²) in [7, 11) is 0. The van der Waals surface area contributed by atoms with Crippen LogP contribution in [0.1, 0.15) is 26.6 Å². The molecule has 0 saturated carbocycles. The van der Waals surface area contributed by atoms with Crippen LogP contribution in [0.3, 0.4) is 0 Å². The molecule has 0 radical (unpaired) electrons. The van der Waals surface area contributed by atoms with Gasteiger partial charge >= 0.3 is 5.97 Å². The number of carbonyl (C=O) groups is 2. The number of nitrogens with one attached hydrogen (secondary N) is 1. The fourth-order valence-electron chi connectivity index (χ4n) is 1.39. The Morgan fingerprint density at radius 1 is 1.37 bits per heavy atom. The molecule has 0 aliphatic rings.